The van der Waals surface area contributed by atoms with Crippen molar-refractivity contribution in [2.24, 2.45) is 5.92 Å². The fourth-order valence-corrected chi connectivity index (χ4v) is 5.31. The van der Waals surface area contributed by atoms with Gasteiger partial charge >= 0.3 is 0 Å². The van der Waals surface area contributed by atoms with Crippen molar-refractivity contribution < 1.29 is 13.2 Å². The number of carbonyl (C=O) groups excluding carboxylic acids is 1. The molecule has 1 heterocycles. The van der Waals surface area contributed by atoms with Gasteiger partial charge < -0.3 is 5.32 Å². The minimum Gasteiger partial charge on any atom is -0.326 e. The zero-order valence-electron chi connectivity index (χ0n) is 16.5. The summed E-state index contributed by atoms with van der Waals surface area (Å²) in [5, 5.41) is 2.91. The van der Waals surface area contributed by atoms with E-state index in [2.05, 4.69) is 12.2 Å². The summed E-state index contributed by atoms with van der Waals surface area (Å²) in [5.41, 5.74) is 1.58. The van der Waals surface area contributed by atoms with Crippen LogP contribution in [0.5, 0.6) is 0 Å². The molecule has 2 aromatic carbocycles. The molecular weight excluding hydrogens is 372 g/mol. The highest BCUT2D eigenvalue weighted by Crippen LogP contribution is 2.25. The topological polar surface area (TPSA) is 66.5 Å². The van der Waals surface area contributed by atoms with E-state index in [9.17, 15) is 13.2 Å². The van der Waals surface area contributed by atoms with E-state index in [1.165, 1.54) is 0 Å². The number of benzene rings is 2. The molecule has 0 aliphatic carbocycles. The molecule has 1 fully saturated rings. The average molecular weight is 401 g/mol. The van der Waals surface area contributed by atoms with Crippen molar-refractivity contribution in [2.45, 2.75) is 43.9 Å². The van der Waals surface area contributed by atoms with Gasteiger partial charge in [-0.25, -0.2) is 8.42 Å². The van der Waals surface area contributed by atoms with Gasteiger partial charge in [-0.1, -0.05) is 44.2 Å². The van der Waals surface area contributed by atoms with Crippen LogP contribution in [-0.2, 0) is 14.8 Å². The van der Waals surface area contributed by atoms with Gasteiger partial charge in [0.25, 0.3) is 0 Å². The summed E-state index contributed by atoms with van der Waals surface area (Å²) in [7, 11) is -3.48. The van der Waals surface area contributed by atoms with Gasteiger partial charge in [0.1, 0.15) is 0 Å². The summed E-state index contributed by atoms with van der Waals surface area (Å²) in [5.74, 6) is 0.0552. The molecular formula is C22H28N2O3S. The maximum Gasteiger partial charge on any atom is 0.243 e. The van der Waals surface area contributed by atoms with Gasteiger partial charge in [0.05, 0.1) is 10.8 Å². The van der Waals surface area contributed by atoms with E-state index in [1.807, 2.05) is 37.3 Å². The van der Waals surface area contributed by atoms with Crippen LogP contribution in [0.4, 0.5) is 5.69 Å². The summed E-state index contributed by atoms with van der Waals surface area (Å²) >= 11 is 0. The zero-order valence-corrected chi connectivity index (χ0v) is 17.3. The van der Waals surface area contributed by atoms with Gasteiger partial charge in [0.15, 0.2) is 0 Å². The Balaban J connectivity index is 1.71. The van der Waals surface area contributed by atoms with Crippen LogP contribution in [0, 0.1) is 5.92 Å². The predicted octanol–water partition coefficient (Wildman–Crippen LogP) is 4.24. The molecule has 3 rings (SSSR count). The number of amides is 1. The van der Waals surface area contributed by atoms with E-state index < -0.39 is 10.0 Å². The molecule has 0 radical (unpaired) electrons. The smallest absolute Gasteiger partial charge is 0.243 e. The Kier molecular flexibility index (Phi) is 6.52. The van der Waals surface area contributed by atoms with E-state index in [1.54, 1.807) is 28.6 Å². The maximum absolute atomic E-state index is 12.8. The average Bonchev–Trinajstić information content (AvgIpc) is 2.70. The molecule has 6 heteroatoms. The van der Waals surface area contributed by atoms with Crippen LogP contribution in [0.2, 0.25) is 0 Å². The van der Waals surface area contributed by atoms with E-state index in [0.717, 1.165) is 18.4 Å². The summed E-state index contributed by atoms with van der Waals surface area (Å²) < 4.78 is 27.3. The number of nitrogens with zero attached hydrogens (tertiary/aromatic N) is 1. The lowest BCUT2D eigenvalue weighted by Gasteiger charge is -2.30. The molecule has 0 spiro atoms. The predicted molar refractivity (Wildman–Crippen MR) is 112 cm³/mol. The number of rotatable bonds is 6. The number of nitrogens with one attached hydrogen (secondary N) is 1. The molecule has 150 valence electrons. The first-order chi connectivity index (χ1) is 13.4. The number of piperidine rings is 1. The lowest BCUT2D eigenvalue weighted by atomic mass is 9.95. The summed E-state index contributed by atoms with van der Waals surface area (Å²) in [4.78, 5) is 12.9. The van der Waals surface area contributed by atoms with Gasteiger partial charge in [-0.2, -0.15) is 4.31 Å². The Labute approximate surface area is 167 Å². The second kappa shape index (κ2) is 8.88. The minimum absolute atomic E-state index is 0.0887. The highest BCUT2D eigenvalue weighted by molar-refractivity contribution is 7.89. The minimum atomic E-state index is -3.48. The van der Waals surface area contributed by atoms with Crippen molar-refractivity contribution in [1.29, 1.82) is 0 Å². The van der Waals surface area contributed by atoms with E-state index in [-0.39, 0.29) is 16.7 Å². The van der Waals surface area contributed by atoms with Crippen LogP contribution >= 0.6 is 0 Å². The number of sulfonamides is 1. The molecule has 0 bridgehead atoms. The van der Waals surface area contributed by atoms with Crippen LogP contribution in [0.25, 0.3) is 0 Å². The Morgan fingerprint density at radius 2 is 1.82 bits per heavy atom. The highest BCUT2D eigenvalue weighted by Gasteiger charge is 2.28. The molecule has 1 aliphatic rings. The summed E-state index contributed by atoms with van der Waals surface area (Å²) in [6.07, 6.45) is 2.65. The van der Waals surface area contributed by atoms with Crippen molar-refractivity contribution >= 4 is 21.6 Å². The van der Waals surface area contributed by atoms with Gasteiger partial charge in [-0.15, -0.1) is 0 Å². The van der Waals surface area contributed by atoms with Crippen LogP contribution < -0.4 is 5.32 Å². The Morgan fingerprint density at radius 1 is 1.14 bits per heavy atom. The fraction of sp³-hybridized carbons (Fsp3) is 0.409. The van der Waals surface area contributed by atoms with E-state index in [4.69, 9.17) is 0 Å². The molecule has 1 aliphatic heterocycles. The Morgan fingerprint density at radius 3 is 2.43 bits per heavy atom. The third kappa shape index (κ3) is 4.62. The summed E-state index contributed by atoms with van der Waals surface area (Å²) in [6.45, 7) is 5.19. The third-order valence-electron chi connectivity index (χ3n) is 5.31. The molecule has 1 amide bonds. The second-order valence-corrected chi connectivity index (χ2v) is 9.43. The normalized spacial score (nSPS) is 19.1. The fourth-order valence-electron chi connectivity index (χ4n) is 3.71. The molecule has 5 nitrogen and oxygen atoms in total. The molecule has 1 N–H and O–H groups in total. The lowest BCUT2D eigenvalue weighted by molar-refractivity contribution is -0.117. The largest absolute Gasteiger partial charge is 0.326 e. The Bertz CT molecular complexity index is 895. The first-order valence-electron chi connectivity index (χ1n) is 9.88. The SMILES string of the molecule is CC[C@@H](C(=O)Nc1ccc(S(=O)(=O)N2CCC[C@H](C)C2)cc1)c1ccccc1. The monoisotopic (exact) mass is 400 g/mol. The number of hydrogen-bond acceptors (Lipinski definition) is 3. The van der Waals surface area contributed by atoms with Crippen LogP contribution in [0.3, 0.4) is 0 Å². The van der Waals surface area contributed by atoms with E-state index >= 15 is 0 Å². The van der Waals surface area contributed by atoms with E-state index in [0.29, 0.717) is 31.1 Å². The van der Waals surface area contributed by atoms with Crippen LogP contribution in [0.15, 0.2) is 59.5 Å². The van der Waals surface area contributed by atoms with Crippen LogP contribution in [-0.4, -0.2) is 31.7 Å². The number of anilines is 1. The van der Waals surface area contributed by atoms with Crippen molar-refractivity contribution in [3.05, 3.63) is 60.2 Å². The van der Waals surface area contributed by atoms with Crippen molar-refractivity contribution in [3.8, 4) is 0 Å². The lowest BCUT2D eigenvalue weighted by Crippen LogP contribution is -2.39. The van der Waals surface area contributed by atoms with Crippen molar-refractivity contribution in [1.82, 2.24) is 4.31 Å². The molecule has 2 aromatic rings. The molecule has 0 unspecified atom stereocenters. The molecule has 1 saturated heterocycles. The van der Waals surface area contributed by atoms with Gasteiger partial charge in [0, 0.05) is 18.8 Å². The highest BCUT2D eigenvalue weighted by atomic mass is 32.2. The first-order valence-corrected chi connectivity index (χ1v) is 11.3. The van der Waals surface area contributed by atoms with Gasteiger partial charge in [0.2, 0.25) is 15.9 Å². The number of hydrogen-bond donors (Lipinski definition) is 1. The second-order valence-electron chi connectivity index (χ2n) is 7.50. The number of carbonyl (C=O) groups is 1. The first kappa shape index (κ1) is 20.6. The third-order valence-corrected chi connectivity index (χ3v) is 7.19. The quantitative estimate of drug-likeness (QED) is 0.789. The van der Waals surface area contributed by atoms with Crippen molar-refractivity contribution in [3.63, 3.8) is 0 Å². The van der Waals surface area contributed by atoms with Gasteiger partial charge in [-0.3, -0.25) is 4.79 Å². The standard InChI is InChI=1S/C22H28N2O3S/c1-3-21(18-9-5-4-6-10-18)22(25)23-19-11-13-20(14-12-19)28(26,27)24-15-7-8-17(2)16-24/h4-6,9-14,17,21H,3,7-8,15-16H2,1-2H3,(H,23,25)/t17-,21+/m0/s1. The molecule has 0 aromatic heterocycles. The maximum atomic E-state index is 12.8. The molecule has 28 heavy (non-hydrogen) atoms. The zero-order chi connectivity index (χ0) is 20.1. The molecule has 2 atom stereocenters. The van der Waals surface area contributed by atoms with Gasteiger partial charge in [-0.05, 0) is 55.0 Å². The summed E-state index contributed by atoms with van der Waals surface area (Å²) in [6, 6.07) is 16.1. The van der Waals surface area contributed by atoms with Crippen molar-refractivity contribution in [2.75, 3.05) is 18.4 Å². The Hall–Kier alpha value is -2.18. The molecule has 0 saturated carbocycles. The van der Waals surface area contributed by atoms with Crippen LogP contribution in [0.1, 0.15) is 44.6 Å².